The van der Waals surface area contributed by atoms with Gasteiger partial charge >= 0.3 is 0 Å². The Morgan fingerprint density at radius 1 is 1.00 bits per heavy atom. The van der Waals surface area contributed by atoms with E-state index in [0.717, 1.165) is 12.3 Å². The summed E-state index contributed by atoms with van der Waals surface area (Å²) in [5, 5.41) is 9.60. The molecule has 0 amide bonds. The monoisotopic (exact) mass is 186 g/mol. The van der Waals surface area contributed by atoms with Gasteiger partial charge in [0.25, 0.3) is 0 Å². The van der Waals surface area contributed by atoms with Crippen LogP contribution in [-0.2, 0) is 0 Å². The maximum Gasteiger partial charge on any atom is 0.0563 e. The van der Waals surface area contributed by atoms with Crippen molar-refractivity contribution >= 4 is 0 Å². The second-order valence-electron chi connectivity index (χ2n) is 4.64. The summed E-state index contributed by atoms with van der Waals surface area (Å²) in [4.78, 5) is 0. The third-order valence-electron chi connectivity index (χ3n) is 2.78. The van der Waals surface area contributed by atoms with Crippen LogP contribution in [0.2, 0.25) is 0 Å². The molecule has 1 N–H and O–H groups in total. The van der Waals surface area contributed by atoms with E-state index in [0.29, 0.717) is 5.92 Å². The molecule has 2 atom stereocenters. The van der Waals surface area contributed by atoms with Crippen molar-refractivity contribution in [1.82, 2.24) is 0 Å². The highest BCUT2D eigenvalue weighted by atomic mass is 16.3. The Hall–Kier alpha value is -0.0400. The molecule has 0 aliphatic heterocycles. The number of hydrogen-bond donors (Lipinski definition) is 1. The van der Waals surface area contributed by atoms with E-state index in [1.165, 1.54) is 25.7 Å². The van der Waals surface area contributed by atoms with Gasteiger partial charge in [-0.05, 0) is 24.7 Å². The van der Waals surface area contributed by atoms with E-state index in [1.54, 1.807) is 0 Å². The zero-order valence-electron chi connectivity index (χ0n) is 9.71. The van der Waals surface area contributed by atoms with E-state index < -0.39 is 0 Å². The van der Waals surface area contributed by atoms with Gasteiger partial charge in [0.05, 0.1) is 6.10 Å². The average molecular weight is 186 g/mol. The molecule has 2 unspecified atom stereocenters. The van der Waals surface area contributed by atoms with Gasteiger partial charge < -0.3 is 5.11 Å². The third-order valence-corrected chi connectivity index (χ3v) is 2.78. The summed E-state index contributed by atoms with van der Waals surface area (Å²) in [6, 6.07) is 0. The molecule has 0 aromatic carbocycles. The van der Waals surface area contributed by atoms with Crippen LogP contribution < -0.4 is 0 Å². The normalized spacial score (nSPS) is 16.2. The number of hydrogen-bond acceptors (Lipinski definition) is 1. The summed E-state index contributed by atoms with van der Waals surface area (Å²) in [6.07, 6.45) is 6.00. The van der Waals surface area contributed by atoms with Gasteiger partial charge in [0.1, 0.15) is 0 Å². The molecule has 0 saturated heterocycles. The van der Waals surface area contributed by atoms with Crippen LogP contribution in [0.3, 0.4) is 0 Å². The molecule has 0 rings (SSSR count). The van der Waals surface area contributed by atoms with Gasteiger partial charge in [0.2, 0.25) is 0 Å². The molecule has 0 saturated carbocycles. The third kappa shape index (κ3) is 7.06. The Kier molecular flexibility index (Phi) is 7.35. The molecule has 0 bridgehead atoms. The van der Waals surface area contributed by atoms with Crippen LogP contribution in [0.1, 0.15) is 59.8 Å². The Morgan fingerprint density at radius 2 is 1.62 bits per heavy atom. The van der Waals surface area contributed by atoms with Crippen molar-refractivity contribution in [1.29, 1.82) is 0 Å². The van der Waals surface area contributed by atoms with Crippen LogP contribution in [0.4, 0.5) is 0 Å². The molecule has 0 radical (unpaired) electrons. The molecule has 0 heterocycles. The summed E-state index contributed by atoms with van der Waals surface area (Å²) >= 11 is 0. The second kappa shape index (κ2) is 7.37. The molecule has 0 spiro atoms. The van der Waals surface area contributed by atoms with Crippen molar-refractivity contribution < 1.29 is 5.11 Å². The van der Waals surface area contributed by atoms with E-state index >= 15 is 0 Å². The SMILES string of the molecule is CCCCC(C)CCC(O)C(C)C. The summed E-state index contributed by atoms with van der Waals surface area (Å²) in [5.74, 6) is 1.20. The van der Waals surface area contributed by atoms with E-state index in [1.807, 2.05) is 0 Å². The minimum atomic E-state index is -0.0934. The largest absolute Gasteiger partial charge is 0.393 e. The standard InChI is InChI=1S/C12H26O/c1-5-6-7-11(4)8-9-12(13)10(2)3/h10-13H,5-9H2,1-4H3. The minimum Gasteiger partial charge on any atom is -0.393 e. The number of aliphatic hydroxyl groups is 1. The van der Waals surface area contributed by atoms with Gasteiger partial charge in [0.15, 0.2) is 0 Å². The summed E-state index contributed by atoms with van der Waals surface area (Å²) in [7, 11) is 0. The maximum atomic E-state index is 9.60. The lowest BCUT2D eigenvalue weighted by Crippen LogP contribution is -2.15. The van der Waals surface area contributed by atoms with Crippen molar-refractivity contribution in [2.45, 2.75) is 65.9 Å². The van der Waals surface area contributed by atoms with Gasteiger partial charge in [-0.25, -0.2) is 0 Å². The van der Waals surface area contributed by atoms with Crippen molar-refractivity contribution in [3.8, 4) is 0 Å². The van der Waals surface area contributed by atoms with E-state index in [9.17, 15) is 5.11 Å². The molecular formula is C12H26O. The first-order valence-corrected chi connectivity index (χ1v) is 5.76. The molecule has 1 heteroatoms. The minimum absolute atomic E-state index is 0.0934. The molecule has 0 aromatic rings. The smallest absolute Gasteiger partial charge is 0.0563 e. The molecule has 0 fully saturated rings. The van der Waals surface area contributed by atoms with Gasteiger partial charge in [-0.15, -0.1) is 0 Å². The lowest BCUT2D eigenvalue weighted by Gasteiger charge is -2.17. The first-order valence-electron chi connectivity index (χ1n) is 5.76. The Bertz CT molecular complexity index is 110. The van der Waals surface area contributed by atoms with Crippen LogP contribution >= 0.6 is 0 Å². The number of rotatable bonds is 7. The molecular weight excluding hydrogens is 160 g/mol. The molecule has 80 valence electrons. The molecule has 0 aromatic heterocycles. The first-order chi connectivity index (χ1) is 6.07. The maximum absolute atomic E-state index is 9.60. The number of unbranched alkanes of at least 4 members (excludes halogenated alkanes) is 1. The van der Waals surface area contributed by atoms with Crippen LogP contribution in [0.25, 0.3) is 0 Å². The van der Waals surface area contributed by atoms with Crippen molar-refractivity contribution in [2.75, 3.05) is 0 Å². The zero-order chi connectivity index (χ0) is 10.3. The van der Waals surface area contributed by atoms with Gasteiger partial charge in [-0.3, -0.25) is 0 Å². The lowest BCUT2D eigenvalue weighted by molar-refractivity contribution is 0.108. The molecule has 0 aliphatic rings. The highest BCUT2D eigenvalue weighted by Gasteiger charge is 2.10. The highest BCUT2D eigenvalue weighted by molar-refractivity contribution is 4.62. The number of aliphatic hydroxyl groups excluding tert-OH is 1. The first kappa shape index (κ1) is 13.0. The van der Waals surface area contributed by atoms with Gasteiger partial charge in [0, 0.05) is 0 Å². The lowest BCUT2D eigenvalue weighted by atomic mass is 9.94. The summed E-state index contributed by atoms with van der Waals surface area (Å²) < 4.78 is 0. The summed E-state index contributed by atoms with van der Waals surface area (Å²) in [6.45, 7) is 8.70. The second-order valence-corrected chi connectivity index (χ2v) is 4.64. The van der Waals surface area contributed by atoms with Crippen LogP contribution in [0.15, 0.2) is 0 Å². The van der Waals surface area contributed by atoms with Crippen LogP contribution in [0.5, 0.6) is 0 Å². The fourth-order valence-electron chi connectivity index (χ4n) is 1.49. The quantitative estimate of drug-likeness (QED) is 0.644. The average Bonchev–Trinajstić information content (AvgIpc) is 2.10. The van der Waals surface area contributed by atoms with E-state index in [4.69, 9.17) is 0 Å². The zero-order valence-corrected chi connectivity index (χ0v) is 9.71. The van der Waals surface area contributed by atoms with Crippen molar-refractivity contribution in [3.63, 3.8) is 0 Å². The van der Waals surface area contributed by atoms with Crippen molar-refractivity contribution in [2.24, 2.45) is 11.8 Å². The fraction of sp³-hybridized carbons (Fsp3) is 1.00. The van der Waals surface area contributed by atoms with E-state index in [2.05, 4.69) is 27.7 Å². The predicted octanol–water partition coefficient (Wildman–Crippen LogP) is 3.61. The Morgan fingerprint density at radius 3 is 2.08 bits per heavy atom. The fourth-order valence-corrected chi connectivity index (χ4v) is 1.49. The summed E-state index contributed by atoms with van der Waals surface area (Å²) in [5.41, 5.74) is 0. The van der Waals surface area contributed by atoms with Gasteiger partial charge in [-0.2, -0.15) is 0 Å². The molecule has 0 aliphatic carbocycles. The van der Waals surface area contributed by atoms with Crippen molar-refractivity contribution in [3.05, 3.63) is 0 Å². The predicted molar refractivity (Wildman–Crippen MR) is 58.8 cm³/mol. The Balaban J connectivity index is 3.40. The Labute approximate surface area is 83.5 Å². The van der Waals surface area contributed by atoms with E-state index in [-0.39, 0.29) is 6.10 Å². The highest BCUT2D eigenvalue weighted by Crippen LogP contribution is 2.17. The topological polar surface area (TPSA) is 20.2 Å². The molecule has 13 heavy (non-hydrogen) atoms. The molecule has 1 nitrogen and oxygen atoms in total. The van der Waals surface area contributed by atoms with Crippen LogP contribution in [-0.4, -0.2) is 11.2 Å². The van der Waals surface area contributed by atoms with Gasteiger partial charge in [-0.1, -0.05) is 47.0 Å². The van der Waals surface area contributed by atoms with Crippen LogP contribution in [0, 0.1) is 11.8 Å².